The van der Waals surface area contributed by atoms with E-state index in [1.165, 1.54) is 0 Å². The molecule has 0 spiro atoms. The highest BCUT2D eigenvalue weighted by Gasteiger charge is 2.32. The third-order valence-corrected chi connectivity index (χ3v) is 2.13. The molecule has 1 aromatic carbocycles. The number of ketones is 1. The second-order valence-corrected chi connectivity index (χ2v) is 3.50. The number of halogens is 4. The van der Waals surface area contributed by atoms with Crippen LogP contribution in [0.1, 0.15) is 27.6 Å². The highest BCUT2D eigenvalue weighted by molar-refractivity contribution is 6.32. The molecule has 0 atom stereocenters. The average Bonchev–Trinajstić information content (AvgIpc) is 2.18. The molecule has 0 amide bonds. The summed E-state index contributed by atoms with van der Waals surface area (Å²) in [6, 6.07) is 1.74. The molecule has 7 heteroatoms. The molecular formula is C10H6ClF3O3. The Hall–Kier alpha value is -1.56. The Morgan fingerprint density at radius 3 is 2.41 bits per heavy atom. The Kier molecular flexibility index (Phi) is 3.77. The van der Waals surface area contributed by atoms with Gasteiger partial charge < -0.3 is 4.74 Å². The summed E-state index contributed by atoms with van der Waals surface area (Å²) in [5.41, 5.74) is -0.263. The van der Waals surface area contributed by atoms with Crippen LogP contribution in [-0.2, 0) is 0 Å². The molecule has 1 aromatic rings. The normalized spacial score (nSPS) is 11.1. The first-order chi connectivity index (χ1) is 7.74. The van der Waals surface area contributed by atoms with Crippen molar-refractivity contribution in [1.82, 2.24) is 0 Å². The molecule has 3 nitrogen and oxygen atoms in total. The first kappa shape index (κ1) is 13.5. The Bertz CT molecular complexity index is 469. The van der Waals surface area contributed by atoms with E-state index >= 15 is 0 Å². The van der Waals surface area contributed by atoms with Crippen LogP contribution in [0.15, 0.2) is 12.1 Å². The average molecular weight is 267 g/mol. The van der Waals surface area contributed by atoms with Gasteiger partial charge in [-0.3, -0.25) is 9.59 Å². The summed E-state index contributed by atoms with van der Waals surface area (Å²) in [6.07, 6.45) is -4.58. The van der Waals surface area contributed by atoms with E-state index in [1.807, 2.05) is 0 Å². The summed E-state index contributed by atoms with van der Waals surface area (Å²) in [6.45, 7) is 1.12. The van der Waals surface area contributed by atoms with Crippen molar-refractivity contribution in [2.45, 2.75) is 13.3 Å². The van der Waals surface area contributed by atoms with Gasteiger partial charge in [0, 0.05) is 11.1 Å². The topological polar surface area (TPSA) is 43.4 Å². The summed E-state index contributed by atoms with van der Waals surface area (Å²) >= 11 is 5.50. The van der Waals surface area contributed by atoms with E-state index in [-0.39, 0.29) is 11.1 Å². The second kappa shape index (κ2) is 4.75. The molecule has 0 bridgehead atoms. The molecule has 0 aliphatic carbocycles. The summed E-state index contributed by atoms with van der Waals surface area (Å²) in [5.74, 6) is -1.27. The minimum Gasteiger partial charge on any atom is -0.404 e. The van der Waals surface area contributed by atoms with Crippen LogP contribution in [0.25, 0.3) is 0 Å². The first-order valence-electron chi connectivity index (χ1n) is 4.30. The molecule has 0 radical (unpaired) electrons. The van der Waals surface area contributed by atoms with Gasteiger partial charge in [0.25, 0.3) is 0 Å². The maximum Gasteiger partial charge on any atom is 0.573 e. The number of hydrogen-bond donors (Lipinski definition) is 0. The number of alkyl halides is 3. The standard InChI is InChI=1S/C10H6ClF3O3/c1-5(16)7-3-9(17-10(12,13)14)8(11)2-6(7)4-15/h2-4H,1H3. The molecule has 92 valence electrons. The lowest BCUT2D eigenvalue weighted by molar-refractivity contribution is -0.274. The monoisotopic (exact) mass is 266 g/mol. The van der Waals surface area contributed by atoms with Crippen LogP contribution < -0.4 is 4.74 Å². The van der Waals surface area contributed by atoms with Gasteiger partial charge in [-0.15, -0.1) is 13.2 Å². The van der Waals surface area contributed by atoms with Crippen molar-refractivity contribution in [3.8, 4) is 5.75 Å². The van der Waals surface area contributed by atoms with Gasteiger partial charge in [0.15, 0.2) is 12.1 Å². The summed E-state index contributed by atoms with van der Waals surface area (Å²) in [5, 5.41) is -0.394. The first-order valence-corrected chi connectivity index (χ1v) is 4.68. The second-order valence-electron chi connectivity index (χ2n) is 3.09. The summed E-state index contributed by atoms with van der Waals surface area (Å²) in [7, 11) is 0. The number of aldehydes is 1. The number of rotatable bonds is 3. The molecule has 0 aromatic heterocycles. The number of hydrogen-bond acceptors (Lipinski definition) is 3. The zero-order chi connectivity index (χ0) is 13.2. The van der Waals surface area contributed by atoms with E-state index in [2.05, 4.69) is 4.74 Å². The van der Waals surface area contributed by atoms with Crippen molar-refractivity contribution in [2.24, 2.45) is 0 Å². The molecule has 0 aliphatic heterocycles. The molecule has 0 fully saturated rings. The van der Waals surface area contributed by atoms with Crippen LogP contribution in [0.3, 0.4) is 0 Å². The molecule has 0 saturated carbocycles. The number of Topliss-reactive ketones (excluding diaryl/α,β-unsaturated/α-hetero) is 1. The molecular weight excluding hydrogens is 261 g/mol. The fraction of sp³-hybridized carbons (Fsp3) is 0.200. The smallest absolute Gasteiger partial charge is 0.404 e. The minimum absolute atomic E-state index is 0.0861. The van der Waals surface area contributed by atoms with E-state index in [0.29, 0.717) is 6.29 Å². The zero-order valence-corrected chi connectivity index (χ0v) is 9.22. The maximum absolute atomic E-state index is 12.0. The lowest BCUT2D eigenvalue weighted by Crippen LogP contribution is -2.18. The molecule has 1 rings (SSSR count). The third kappa shape index (κ3) is 3.45. The minimum atomic E-state index is -4.92. The van der Waals surface area contributed by atoms with E-state index in [9.17, 15) is 22.8 Å². The van der Waals surface area contributed by atoms with Crippen LogP contribution in [-0.4, -0.2) is 18.4 Å². The lowest BCUT2D eigenvalue weighted by Gasteiger charge is -2.12. The highest BCUT2D eigenvalue weighted by Crippen LogP contribution is 2.32. The Morgan fingerprint density at radius 1 is 1.41 bits per heavy atom. The van der Waals surface area contributed by atoms with Crippen LogP contribution in [0.2, 0.25) is 5.02 Å². The molecule has 0 N–H and O–H groups in total. The van der Waals surface area contributed by atoms with Crippen LogP contribution >= 0.6 is 11.6 Å². The van der Waals surface area contributed by atoms with Crippen molar-refractivity contribution in [1.29, 1.82) is 0 Å². The van der Waals surface area contributed by atoms with Gasteiger partial charge in [0.1, 0.15) is 5.75 Å². The molecule has 0 unspecified atom stereocenters. The molecule has 0 aliphatic rings. The highest BCUT2D eigenvalue weighted by atomic mass is 35.5. The third-order valence-electron chi connectivity index (χ3n) is 1.84. The van der Waals surface area contributed by atoms with Gasteiger partial charge in [-0.2, -0.15) is 0 Å². The van der Waals surface area contributed by atoms with Crippen molar-refractivity contribution in [2.75, 3.05) is 0 Å². The van der Waals surface area contributed by atoms with Crippen molar-refractivity contribution in [3.63, 3.8) is 0 Å². The predicted molar refractivity (Wildman–Crippen MR) is 53.5 cm³/mol. The van der Waals surface area contributed by atoms with Gasteiger partial charge >= 0.3 is 6.36 Å². The fourth-order valence-corrected chi connectivity index (χ4v) is 1.38. The van der Waals surface area contributed by atoms with E-state index in [1.54, 1.807) is 0 Å². The van der Waals surface area contributed by atoms with Gasteiger partial charge in [0.2, 0.25) is 0 Å². The van der Waals surface area contributed by atoms with E-state index < -0.39 is 22.9 Å². The van der Waals surface area contributed by atoms with Crippen molar-refractivity contribution in [3.05, 3.63) is 28.3 Å². The number of carbonyl (C=O) groups excluding carboxylic acids is 2. The largest absolute Gasteiger partial charge is 0.573 e. The lowest BCUT2D eigenvalue weighted by atomic mass is 10.1. The Labute approximate surface area is 99.1 Å². The fourth-order valence-electron chi connectivity index (χ4n) is 1.17. The van der Waals surface area contributed by atoms with Gasteiger partial charge in [0.05, 0.1) is 5.02 Å². The molecule has 17 heavy (non-hydrogen) atoms. The summed E-state index contributed by atoms with van der Waals surface area (Å²) in [4.78, 5) is 21.7. The predicted octanol–water partition coefficient (Wildman–Crippen LogP) is 3.25. The van der Waals surface area contributed by atoms with Crippen LogP contribution in [0, 0.1) is 0 Å². The van der Waals surface area contributed by atoms with Gasteiger partial charge in [-0.25, -0.2) is 0 Å². The van der Waals surface area contributed by atoms with Gasteiger partial charge in [-0.05, 0) is 19.1 Å². The maximum atomic E-state index is 12.0. The zero-order valence-electron chi connectivity index (χ0n) is 8.47. The van der Waals surface area contributed by atoms with E-state index in [0.717, 1.165) is 19.1 Å². The number of benzene rings is 1. The quantitative estimate of drug-likeness (QED) is 0.623. The van der Waals surface area contributed by atoms with Crippen molar-refractivity contribution < 1.29 is 27.5 Å². The molecule has 0 heterocycles. The van der Waals surface area contributed by atoms with E-state index in [4.69, 9.17) is 11.6 Å². The van der Waals surface area contributed by atoms with Crippen molar-refractivity contribution >= 4 is 23.7 Å². The SMILES string of the molecule is CC(=O)c1cc(OC(F)(F)F)c(Cl)cc1C=O. The van der Waals surface area contributed by atoms with Crippen LogP contribution in [0.5, 0.6) is 5.75 Å². The summed E-state index contributed by atoms with van der Waals surface area (Å²) < 4.78 is 39.6. The number of ether oxygens (including phenoxy) is 1. The number of carbonyl (C=O) groups is 2. The van der Waals surface area contributed by atoms with Gasteiger partial charge in [-0.1, -0.05) is 11.6 Å². The Morgan fingerprint density at radius 2 is 2.00 bits per heavy atom. The van der Waals surface area contributed by atoms with Crippen LogP contribution in [0.4, 0.5) is 13.2 Å². The molecule has 0 saturated heterocycles. The Balaban J connectivity index is 3.29.